The van der Waals surface area contributed by atoms with E-state index in [1.54, 1.807) is 0 Å². The lowest BCUT2D eigenvalue weighted by Crippen LogP contribution is -2.57. The van der Waals surface area contributed by atoms with E-state index in [-0.39, 0.29) is 0 Å². The number of anilines is 1. The van der Waals surface area contributed by atoms with E-state index in [2.05, 4.69) is 56.1 Å². The zero-order valence-electron chi connectivity index (χ0n) is 12.9. The predicted octanol–water partition coefficient (Wildman–Crippen LogP) is 2.68. The molecule has 0 amide bonds. The number of nitrogens with one attached hydrogen (secondary N) is 1. The Morgan fingerprint density at radius 2 is 2.16 bits per heavy atom. The Hall–Kier alpha value is -1.03. The molecule has 0 bridgehead atoms. The molecule has 2 rings (SSSR count). The second-order valence-corrected chi connectivity index (χ2v) is 6.17. The van der Waals surface area contributed by atoms with Crippen LogP contribution in [-0.2, 0) is 0 Å². The number of hydrogen-bond acceptors (Lipinski definition) is 3. The molecule has 1 N–H and O–H groups in total. The van der Waals surface area contributed by atoms with Gasteiger partial charge in [-0.15, -0.1) is 0 Å². The van der Waals surface area contributed by atoms with Crippen LogP contribution in [0.5, 0.6) is 0 Å². The Bertz CT molecular complexity index is 399. The molecule has 19 heavy (non-hydrogen) atoms. The molecule has 2 heterocycles. The van der Waals surface area contributed by atoms with Crippen LogP contribution in [0.2, 0.25) is 0 Å². The molecule has 0 aromatic carbocycles. The van der Waals surface area contributed by atoms with E-state index < -0.39 is 0 Å². The first-order valence-electron chi connectivity index (χ1n) is 7.57. The number of aromatic nitrogens is 2. The van der Waals surface area contributed by atoms with Gasteiger partial charge in [0.2, 0.25) is 0 Å². The zero-order chi connectivity index (χ0) is 14.0. The summed E-state index contributed by atoms with van der Waals surface area (Å²) in [5, 5.41) is 8.15. The van der Waals surface area contributed by atoms with Gasteiger partial charge in [-0.3, -0.25) is 4.68 Å². The Morgan fingerprint density at radius 1 is 1.42 bits per heavy atom. The smallest absolute Gasteiger partial charge is 0.0756 e. The highest BCUT2D eigenvalue weighted by atomic mass is 15.3. The Balaban J connectivity index is 2.11. The summed E-state index contributed by atoms with van der Waals surface area (Å²) in [5.74, 6) is 0.718. The first-order valence-corrected chi connectivity index (χ1v) is 7.57. The van der Waals surface area contributed by atoms with Crippen molar-refractivity contribution in [3.05, 3.63) is 12.4 Å². The van der Waals surface area contributed by atoms with Gasteiger partial charge in [0, 0.05) is 37.4 Å². The Kier molecular flexibility index (Phi) is 4.50. The summed E-state index contributed by atoms with van der Waals surface area (Å²) in [6, 6.07) is 1.55. The van der Waals surface area contributed by atoms with Crippen LogP contribution < -0.4 is 10.2 Å². The third kappa shape index (κ3) is 3.11. The molecule has 108 valence electrons. The molecule has 0 aliphatic carbocycles. The van der Waals surface area contributed by atoms with E-state index in [1.807, 2.05) is 10.9 Å². The summed E-state index contributed by atoms with van der Waals surface area (Å²) in [7, 11) is 0. The van der Waals surface area contributed by atoms with E-state index in [9.17, 15) is 0 Å². The van der Waals surface area contributed by atoms with Crippen LogP contribution in [0.15, 0.2) is 12.4 Å². The van der Waals surface area contributed by atoms with Crippen LogP contribution in [0, 0.1) is 5.92 Å². The quantitative estimate of drug-likeness (QED) is 0.907. The highest BCUT2D eigenvalue weighted by Gasteiger charge is 2.28. The summed E-state index contributed by atoms with van der Waals surface area (Å²) in [6.45, 7) is 13.4. The highest BCUT2D eigenvalue weighted by molar-refractivity contribution is 5.44. The molecule has 1 aliphatic heterocycles. The van der Waals surface area contributed by atoms with Gasteiger partial charge in [0.05, 0.1) is 11.9 Å². The topological polar surface area (TPSA) is 33.1 Å². The molecule has 3 atom stereocenters. The second kappa shape index (κ2) is 5.95. The van der Waals surface area contributed by atoms with Crippen LogP contribution in [0.25, 0.3) is 0 Å². The normalized spacial score (nSPS) is 25.9. The lowest BCUT2D eigenvalue weighted by atomic mass is 9.95. The monoisotopic (exact) mass is 264 g/mol. The van der Waals surface area contributed by atoms with Crippen molar-refractivity contribution in [2.24, 2.45) is 5.92 Å². The van der Waals surface area contributed by atoms with Crippen LogP contribution in [0.3, 0.4) is 0 Å². The van der Waals surface area contributed by atoms with Gasteiger partial charge in [-0.05, 0) is 26.7 Å². The molecule has 0 saturated carbocycles. The molecular formula is C15H28N4. The summed E-state index contributed by atoms with van der Waals surface area (Å²) in [4.78, 5) is 2.50. The molecule has 1 aromatic heterocycles. The third-order valence-corrected chi connectivity index (χ3v) is 4.38. The molecule has 0 radical (unpaired) electrons. The van der Waals surface area contributed by atoms with Crippen molar-refractivity contribution in [3.63, 3.8) is 0 Å². The summed E-state index contributed by atoms with van der Waals surface area (Å²) < 4.78 is 2.04. The van der Waals surface area contributed by atoms with Crippen LogP contribution in [0.1, 0.15) is 47.1 Å². The molecule has 3 unspecified atom stereocenters. The fourth-order valence-electron chi connectivity index (χ4n) is 2.67. The zero-order valence-corrected chi connectivity index (χ0v) is 12.9. The van der Waals surface area contributed by atoms with Crippen LogP contribution >= 0.6 is 0 Å². The fourth-order valence-corrected chi connectivity index (χ4v) is 2.67. The molecule has 1 aliphatic rings. The molecule has 4 heteroatoms. The number of piperazine rings is 1. The van der Waals surface area contributed by atoms with Gasteiger partial charge in [0.1, 0.15) is 0 Å². The average Bonchev–Trinajstić information content (AvgIpc) is 2.88. The van der Waals surface area contributed by atoms with Gasteiger partial charge in [0.15, 0.2) is 0 Å². The van der Waals surface area contributed by atoms with Crippen molar-refractivity contribution in [2.45, 2.75) is 59.2 Å². The van der Waals surface area contributed by atoms with E-state index >= 15 is 0 Å². The minimum absolute atomic E-state index is 0.428. The summed E-state index contributed by atoms with van der Waals surface area (Å²) in [6.07, 6.45) is 5.42. The van der Waals surface area contributed by atoms with Gasteiger partial charge in [0.25, 0.3) is 0 Å². The second-order valence-electron chi connectivity index (χ2n) is 6.17. The summed E-state index contributed by atoms with van der Waals surface area (Å²) in [5.41, 5.74) is 1.26. The number of rotatable bonds is 4. The first kappa shape index (κ1) is 14.4. The van der Waals surface area contributed by atoms with E-state index in [0.717, 1.165) is 19.0 Å². The van der Waals surface area contributed by atoms with Gasteiger partial charge >= 0.3 is 0 Å². The van der Waals surface area contributed by atoms with Crippen molar-refractivity contribution in [1.82, 2.24) is 15.1 Å². The molecule has 0 spiro atoms. The molecular weight excluding hydrogens is 236 g/mol. The molecule has 1 saturated heterocycles. The first-order chi connectivity index (χ1) is 9.02. The maximum atomic E-state index is 4.47. The van der Waals surface area contributed by atoms with Crippen molar-refractivity contribution in [2.75, 3.05) is 18.0 Å². The Morgan fingerprint density at radius 3 is 2.74 bits per heavy atom. The lowest BCUT2D eigenvalue weighted by molar-refractivity contribution is 0.316. The van der Waals surface area contributed by atoms with Crippen molar-refractivity contribution in [3.8, 4) is 0 Å². The average molecular weight is 264 g/mol. The third-order valence-electron chi connectivity index (χ3n) is 4.38. The maximum Gasteiger partial charge on any atom is 0.0756 e. The largest absolute Gasteiger partial charge is 0.363 e. The molecule has 1 fully saturated rings. The van der Waals surface area contributed by atoms with Gasteiger partial charge in [-0.25, -0.2) is 0 Å². The van der Waals surface area contributed by atoms with E-state index in [0.29, 0.717) is 18.1 Å². The van der Waals surface area contributed by atoms with Crippen molar-refractivity contribution >= 4 is 5.69 Å². The molecule has 4 nitrogen and oxygen atoms in total. The van der Waals surface area contributed by atoms with E-state index in [1.165, 1.54) is 12.1 Å². The fraction of sp³-hybridized carbons (Fsp3) is 0.800. The number of nitrogens with zero attached hydrogens (tertiary/aromatic N) is 3. The minimum atomic E-state index is 0.428. The highest BCUT2D eigenvalue weighted by Crippen LogP contribution is 2.23. The predicted molar refractivity (Wildman–Crippen MR) is 80.7 cm³/mol. The van der Waals surface area contributed by atoms with Gasteiger partial charge in [-0.1, -0.05) is 20.3 Å². The van der Waals surface area contributed by atoms with Gasteiger partial charge in [-0.2, -0.15) is 5.10 Å². The lowest BCUT2D eigenvalue weighted by Gasteiger charge is -2.41. The standard InChI is InChI=1S/C15H28N4/c1-6-12(4)15-10-18(13(5)7-16-15)14-8-17-19(9-14)11(2)3/h8-9,11-13,15-16H,6-7,10H2,1-5H3. The number of hydrogen-bond donors (Lipinski definition) is 1. The summed E-state index contributed by atoms with van der Waals surface area (Å²) >= 11 is 0. The maximum absolute atomic E-state index is 4.47. The van der Waals surface area contributed by atoms with Crippen molar-refractivity contribution < 1.29 is 0 Å². The van der Waals surface area contributed by atoms with Crippen molar-refractivity contribution in [1.29, 1.82) is 0 Å². The van der Waals surface area contributed by atoms with Crippen LogP contribution in [0.4, 0.5) is 5.69 Å². The molecule has 1 aromatic rings. The van der Waals surface area contributed by atoms with E-state index in [4.69, 9.17) is 0 Å². The van der Waals surface area contributed by atoms with Gasteiger partial charge < -0.3 is 10.2 Å². The Labute approximate surface area is 117 Å². The minimum Gasteiger partial charge on any atom is -0.363 e. The van der Waals surface area contributed by atoms with Crippen LogP contribution in [-0.4, -0.2) is 35.0 Å². The SMILES string of the molecule is CCC(C)C1CN(c2cnn(C(C)C)c2)C(C)CN1.